The van der Waals surface area contributed by atoms with Crippen LogP contribution in [-0.4, -0.2) is 47.1 Å². The number of esters is 1. The molecule has 1 amide bonds. The quantitative estimate of drug-likeness (QED) is 0.259. The molecule has 0 spiro atoms. The van der Waals surface area contributed by atoms with E-state index in [0.717, 1.165) is 20.0 Å². The Morgan fingerprint density at radius 1 is 1.32 bits per heavy atom. The maximum atomic E-state index is 12.0. The number of carbonyl (C=O) groups is 3. The van der Waals surface area contributed by atoms with Gasteiger partial charge in [-0.15, -0.1) is 0 Å². The summed E-state index contributed by atoms with van der Waals surface area (Å²) in [7, 11) is 1.08. The van der Waals surface area contributed by atoms with Gasteiger partial charge >= 0.3 is 17.8 Å². The zero-order chi connectivity index (χ0) is 16.9. The number of ketones is 1. The van der Waals surface area contributed by atoms with E-state index in [1.807, 2.05) is 0 Å². The maximum Gasteiger partial charge on any atom is 0.441 e. The first kappa shape index (κ1) is 17.8. The van der Waals surface area contributed by atoms with E-state index in [1.165, 1.54) is 0 Å². The molecule has 1 rings (SSSR count). The maximum absolute atomic E-state index is 12.0. The Morgan fingerprint density at radius 3 is 2.32 bits per heavy atom. The van der Waals surface area contributed by atoms with E-state index in [2.05, 4.69) is 14.8 Å². The van der Waals surface area contributed by atoms with Crippen molar-refractivity contribution in [3.05, 3.63) is 5.53 Å². The molecule has 1 N–H and O–H groups in total. The number of nitrogens with one attached hydrogen (secondary N) is 1. The SMILES string of the molecule is COC(=O)C(=[N+]=[N-])C(=O)C[C@H](NC(=O)OC(C)(C)C)C1CC1. The lowest BCUT2D eigenvalue weighted by Crippen LogP contribution is -2.43. The van der Waals surface area contributed by atoms with E-state index in [9.17, 15) is 14.4 Å². The van der Waals surface area contributed by atoms with Crippen LogP contribution in [0.2, 0.25) is 0 Å². The van der Waals surface area contributed by atoms with Gasteiger partial charge in [-0.05, 0) is 39.5 Å². The Balaban J connectivity index is 2.69. The second-order valence-electron chi connectivity index (χ2n) is 6.16. The molecule has 0 saturated heterocycles. The molecule has 0 radical (unpaired) electrons. The Hall–Kier alpha value is -2.21. The van der Waals surface area contributed by atoms with E-state index < -0.39 is 35.2 Å². The number of rotatable bonds is 6. The summed E-state index contributed by atoms with van der Waals surface area (Å²) < 4.78 is 9.52. The first-order valence-corrected chi connectivity index (χ1v) is 7.01. The Labute approximate surface area is 128 Å². The summed E-state index contributed by atoms with van der Waals surface area (Å²) >= 11 is 0. The molecule has 22 heavy (non-hydrogen) atoms. The van der Waals surface area contributed by atoms with Gasteiger partial charge in [-0.2, -0.15) is 4.79 Å². The second kappa shape index (κ2) is 7.17. The monoisotopic (exact) mass is 311 g/mol. The number of hydrogen-bond acceptors (Lipinski definition) is 5. The van der Waals surface area contributed by atoms with Crippen molar-refractivity contribution in [2.45, 2.75) is 51.7 Å². The number of nitrogens with zero attached hydrogens (tertiary/aromatic N) is 2. The number of Topliss-reactive ketones (excluding diaryl/α,β-unsaturated/α-hetero) is 1. The highest BCUT2D eigenvalue weighted by Gasteiger charge is 2.39. The molecule has 0 bridgehead atoms. The number of ether oxygens (including phenoxy) is 2. The van der Waals surface area contributed by atoms with Crippen LogP contribution in [0.4, 0.5) is 4.79 Å². The number of carbonyl (C=O) groups excluding carboxylic acids is 3. The van der Waals surface area contributed by atoms with E-state index in [1.54, 1.807) is 20.8 Å². The van der Waals surface area contributed by atoms with Crippen molar-refractivity contribution >= 4 is 23.6 Å². The molecule has 0 aliphatic heterocycles. The molecule has 0 unspecified atom stereocenters. The van der Waals surface area contributed by atoms with E-state index >= 15 is 0 Å². The minimum Gasteiger partial charge on any atom is -0.460 e. The summed E-state index contributed by atoms with van der Waals surface area (Å²) in [5.41, 5.74) is 7.43. The van der Waals surface area contributed by atoms with Gasteiger partial charge in [0.15, 0.2) is 0 Å². The van der Waals surface area contributed by atoms with Crippen LogP contribution < -0.4 is 5.32 Å². The van der Waals surface area contributed by atoms with Gasteiger partial charge in [-0.25, -0.2) is 9.59 Å². The van der Waals surface area contributed by atoms with Crippen molar-refractivity contribution in [2.75, 3.05) is 7.11 Å². The van der Waals surface area contributed by atoms with Crippen molar-refractivity contribution in [2.24, 2.45) is 5.92 Å². The van der Waals surface area contributed by atoms with Crippen molar-refractivity contribution < 1.29 is 28.6 Å². The molecule has 1 aliphatic carbocycles. The predicted molar refractivity (Wildman–Crippen MR) is 76.1 cm³/mol. The van der Waals surface area contributed by atoms with Crippen LogP contribution in [0.1, 0.15) is 40.0 Å². The van der Waals surface area contributed by atoms with Crippen LogP contribution in [0.15, 0.2) is 0 Å². The average molecular weight is 311 g/mol. The number of amides is 1. The zero-order valence-corrected chi connectivity index (χ0v) is 13.2. The van der Waals surface area contributed by atoms with Crippen LogP contribution in [0.25, 0.3) is 5.53 Å². The van der Waals surface area contributed by atoms with E-state index in [0.29, 0.717) is 0 Å². The average Bonchev–Trinajstić information content (AvgIpc) is 3.20. The van der Waals surface area contributed by atoms with Crippen molar-refractivity contribution in [1.82, 2.24) is 5.32 Å². The van der Waals surface area contributed by atoms with Gasteiger partial charge < -0.3 is 20.3 Å². The summed E-state index contributed by atoms with van der Waals surface area (Å²) in [5, 5.41) is 2.63. The van der Waals surface area contributed by atoms with Gasteiger partial charge in [0.1, 0.15) is 5.60 Å². The third kappa shape index (κ3) is 5.65. The summed E-state index contributed by atoms with van der Waals surface area (Å²) in [4.78, 5) is 37.8. The summed E-state index contributed by atoms with van der Waals surface area (Å²) in [6, 6.07) is -0.469. The summed E-state index contributed by atoms with van der Waals surface area (Å²) in [6.45, 7) is 5.20. The minimum atomic E-state index is -1.01. The molecular formula is C14H21N3O5. The fraction of sp³-hybridized carbons (Fsp3) is 0.714. The van der Waals surface area contributed by atoms with Crippen LogP contribution >= 0.6 is 0 Å². The molecule has 0 aromatic heterocycles. The van der Waals surface area contributed by atoms with Gasteiger partial charge in [-0.3, -0.25) is 4.79 Å². The fourth-order valence-corrected chi connectivity index (χ4v) is 1.90. The second-order valence-corrected chi connectivity index (χ2v) is 6.16. The Morgan fingerprint density at radius 2 is 1.91 bits per heavy atom. The van der Waals surface area contributed by atoms with Crippen molar-refractivity contribution in [3.8, 4) is 0 Å². The van der Waals surface area contributed by atoms with Crippen LogP contribution in [0, 0.1) is 5.92 Å². The van der Waals surface area contributed by atoms with Gasteiger partial charge in [0.2, 0.25) is 0 Å². The largest absolute Gasteiger partial charge is 0.460 e. The predicted octanol–water partition coefficient (Wildman–Crippen LogP) is 1.09. The molecule has 0 aromatic rings. The topological polar surface area (TPSA) is 118 Å². The minimum absolute atomic E-state index is 0.147. The fourth-order valence-electron chi connectivity index (χ4n) is 1.90. The van der Waals surface area contributed by atoms with Crippen LogP contribution in [-0.2, 0) is 19.1 Å². The van der Waals surface area contributed by atoms with E-state index in [-0.39, 0.29) is 12.3 Å². The third-order valence-electron chi connectivity index (χ3n) is 3.04. The molecular weight excluding hydrogens is 290 g/mol. The summed E-state index contributed by atoms with van der Waals surface area (Å²) in [5.74, 6) is -1.56. The molecule has 0 heterocycles. The van der Waals surface area contributed by atoms with Gasteiger partial charge in [-0.1, -0.05) is 0 Å². The molecule has 122 valence electrons. The number of methoxy groups -OCH3 is 1. The molecule has 0 aromatic carbocycles. The third-order valence-corrected chi connectivity index (χ3v) is 3.04. The van der Waals surface area contributed by atoms with Gasteiger partial charge in [0, 0.05) is 12.5 Å². The smallest absolute Gasteiger partial charge is 0.441 e. The number of hydrogen-bond donors (Lipinski definition) is 1. The lowest BCUT2D eigenvalue weighted by Gasteiger charge is -2.23. The highest BCUT2D eigenvalue weighted by Crippen LogP contribution is 2.34. The summed E-state index contributed by atoms with van der Waals surface area (Å²) in [6.07, 6.45) is 0.964. The lowest BCUT2D eigenvalue weighted by atomic mass is 10.0. The Kier molecular flexibility index (Phi) is 5.82. The molecule has 1 atom stereocenters. The standard InChI is InChI=1S/C14H21N3O5/c1-14(2,3)22-13(20)16-9(8-5-6-8)7-10(18)11(17-15)12(19)21-4/h8-9H,5-7H2,1-4H3,(H,16,20)/t9-/m0/s1. The molecule has 1 saturated carbocycles. The van der Waals surface area contributed by atoms with Crippen LogP contribution in [0.3, 0.4) is 0 Å². The highest BCUT2D eigenvalue weighted by atomic mass is 16.6. The molecule has 1 aliphatic rings. The van der Waals surface area contributed by atoms with Gasteiger partial charge in [0.05, 0.1) is 7.11 Å². The molecule has 1 fully saturated rings. The highest BCUT2D eigenvalue weighted by molar-refractivity contribution is 6.62. The normalized spacial score (nSPS) is 15.3. The molecule has 8 heteroatoms. The van der Waals surface area contributed by atoms with E-state index in [4.69, 9.17) is 10.3 Å². The Bertz CT molecular complexity index is 513. The van der Waals surface area contributed by atoms with Gasteiger partial charge in [0.25, 0.3) is 5.78 Å². The zero-order valence-electron chi connectivity index (χ0n) is 13.2. The first-order valence-electron chi connectivity index (χ1n) is 7.01. The van der Waals surface area contributed by atoms with Crippen molar-refractivity contribution in [3.63, 3.8) is 0 Å². The lowest BCUT2D eigenvalue weighted by molar-refractivity contribution is -0.139. The van der Waals surface area contributed by atoms with Crippen molar-refractivity contribution in [1.29, 1.82) is 0 Å². The van der Waals surface area contributed by atoms with Crippen LogP contribution in [0.5, 0.6) is 0 Å². The molecule has 8 nitrogen and oxygen atoms in total. The first-order chi connectivity index (χ1) is 10.2. The number of alkyl carbamates (subject to hydrolysis) is 1.